The van der Waals surface area contributed by atoms with E-state index in [1.165, 1.54) is 36.8 Å². The van der Waals surface area contributed by atoms with Gasteiger partial charge in [-0.25, -0.2) is 0 Å². The summed E-state index contributed by atoms with van der Waals surface area (Å²) in [4.78, 5) is 4.41. The Balaban J connectivity index is 1.89. The van der Waals surface area contributed by atoms with Crippen LogP contribution in [-0.4, -0.2) is 17.6 Å². The third-order valence-electron chi connectivity index (χ3n) is 3.62. The molecule has 3 rings (SSSR count). The average Bonchev–Trinajstić information content (AvgIpc) is 2.40. The van der Waals surface area contributed by atoms with Crippen molar-refractivity contribution in [1.82, 2.24) is 10.3 Å². The highest BCUT2D eigenvalue weighted by atomic mass is 14.9. The second kappa shape index (κ2) is 4.84. The lowest BCUT2D eigenvalue weighted by molar-refractivity contribution is 0.400. The predicted octanol–water partition coefficient (Wildman–Crippen LogP) is 2.92. The van der Waals surface area contributed by atoms with Crippen LogP contribution in [0.15, 0.2) is 36.5 Å². The lowest BCUT2D eigenvalue weighted by atomic mass is 9.96. The minimum absolute atomic E-state index is 0.648. The van der Waals surface area contributed by atoms with Gasteiger partial charge in [-0.1, -0.05) is 24.6 Å². The fraction of sp³-hybridized carbons (Fsp3) is 0.400. The first-order valence-electron chi connectivity index (χ1n) is 6.49. The predicted molar refractivity (Wildman–Crippen MR) is 71.1 cm³/mol. The van der Waals surface area contributed by atoms with Gasteiger partial charge in [-0.2, -0.15) is 0 Å². The molecule has 0 radical (unpaired) electrons. The second-order valence-electron chi connectivity index (χ2n) is 4.84. The van der Waals surface area contributed by atoms with E-state index < -0.39 is 0 Å². The first-order chi connectivity index (χ1) is 8.43. The highest BCUT2D eigenvalue weighted by Gasteiger charge is 2.14. The van der Waals surface area contributed by atoms with Crippen LogP contribution in [0, 0.1) is 0 Å². The van der Waals surface area contributed by atoms with Crippen molar-refractivity contribution in [3.05, 3.63) is 42.1 Å². The molecule has 2 aromatic rings. The van der Waals surface area contributed by atoms with Crippen LogP contribution in [0.25, 0.3) is 10.9 Å². The fourth-order valence-electron chi connectivity index (χ4n) is 2.70. The zero-order chi connectivity index (χ0) is 11.5. The van der Waals surface area contributed by atoms with E-state index in [-0.39, 0.29) is 0 Å². The molecule has 1 atom stereocenters. The maximum Gasteiger partial charge on any atom is 0.0704 e. The number of fused-ring (bicyclic) bond motifs is 1. The van der Waals surface area contributed by atoms with Crippen LogP contribution in [-0.2, 0) is 6.42 Å². The Bertz CT molecular complexity index is 496. The molecule has 1 aromatic heterocycles. The van der Waals surface area contributed by atoms with Crippen molar-refractivity contribution in [3.63, 3.8) is 0 Å². The number of benzene rings is 1. The Labute approximate surface area is 102 Å². The lowest BCUT2D eigenvalue weighted by Crippen LogP contribution is -2.35. The van der Waals surface area contributed by atoms with E-state index >= 15 is 0 Å². The molecular weight excluding hydrogens is 208 g/mol. The zero-order valence-electron chi connectivity index (χ0n) is 10.0. The van der Waals surface area contributed by atoms with Gasteiger partial charge < -0.3 is 5.32 Å². The number of pyridine rings is 1. The molecule has 88 valence electrons. The van der Waals surface area contributed by atoms with Gasteiger partial charge in [-0.3, -0.25) is 4.98 Å². The van der Waals surface area contributed by atoms with Crippen molar-refractivity contribution < 1.29 is 0 Å². The summed E-state index contributed by atoms with van der Waals surface area (Å²) in [7, 11) is 0. The van der Waals surface area contributed by atoms with Gasteiger partial charge in [0.05, 0.1) is 5.52 Å². The first kappa shape index (κ1) is 10.7. The van der Waals surface area contributed by atoms with Gasteiger partial charge >= 0.3 is 0 Å². The van der Waals surface area contributed by atoms with Gasteiger partial charge in [0, 0.05) is 17.6 Å². The Morgan fingerprint density at radius 1 is 1.18 bits per heavy atom. The molecule has 2 heteroatoms. The highest BCUT2D eigenvalue weighted by Crippen LogP contribution is 2.20. The monoisotopic (exact) mass is 226 g/mol. The van der Waals surface area contributed by atoms with Crippen molar-refractivity contribution in [2.24, 2.45) is 0 Å². The van der Waals surface area contributed by atoms with Gasteiger partial charge in [-0.05, 0) is 43.5 Å². The van der Waals surface area contributed by atoms with Crippen LogP contribution in [0.3, 0.4) is 0 Å². The molecule has 0 saturated carbocycles. The zero-order valence-corrected chi connectivity index (χ0v) is 10.0. The minimum Gasteiger partial charge on any atom is -0.314 e. The summed E-state index contributed by atoms with van der Waals surface area (Å²) in [6, 6.07) is 11.2. The van der Waals surface area contributed by atoms with Crippen LogP contribution in [0.2, 0.25) is 0 Å². The Morgan fingerprint density at radius 3 is 3.00 bits per heavy atom. The van der Waals surface area contributed by atoms with E-state index in [0.29, 0.717) is 6.04 Å². The number of hydrogen-bond acceptors (Lipinski definition) is 2. The molecular formula is C15H18N2. The minimum atomic E-state index is 0.648. The molecule has 2 nitrogen and oxygen atoms in total. The molecule has 1 unspecified atom stereocenters. The van der Waals surface area contributed by atoms with Gasteiger partial charge in [0.25, 0.3) is 0 Å². The smallest absolute Gasteiger partial charge is 0.0704 e. The maximum atomic E-state index is 4.41. The van der Waals surface area contributed by atoms with Crippen LogP contribution in [0.1, 0.15) is 24.8 Å². The number of aromatic nitrogens is 1. The Morgan fingerprint density at radius 2 is 2.12 bits per heavy atom. The van der Waals surface area contributed by atoms with Gasteiger partial charge in [0.15, 0.2) is 0 Å². The maximum absolute atomic E-state index is 4.41. The molecule has 0 amide bonds. The molecule has 1 aliphatic heterocycles. The van der Waals surface area contributed by atoms with E-state index in [1.807, 2.05) is 6.20 Å². The number of rotatable bonds is 2. The molecule has 1 fully saturated rings. The van der Waals surface area contributed by atoms with E-state index in [9.17, 15) is 0 Å². The van der Waals surface area contributed by atoms with E-state index in [0.717, 1.165) is 11.9 Å². The second-order valence-corrected chi connectivity index (χ2v) is 4.84. The molecule has 17 heavy (non-hydrogen) atoms. The van der Waals surface area contributed by atoms with Gasteiger partial charge in [0.2, 0.25) is 0 Å². The summed E-state index contributed by atoms with van der Waals surface area (Å²) < 4.78 is 0. The molecule has 0 spiro atoms. The van der Waals surface area contributed by atoms with E-state index in [4.69, 9.17) is 0 Å². The van der Waals surface area contributed by atoms with E-state index in [2.05, 4.69) is 40.6 Å². The van der Waals surface area contributed by atoms with E-state index in [1.54, 1.807) is 0 Å². The summed E-state index contributed by atoms with van der Waals surface area (Å²) in [5.41, 5.74) is 2.54. The van der Waals surface area contributed by atoms with Crippen LogP contribution in [0.4, 0.5) is 0 Å². The largest absolute Gasteiger partial charge is 0.314 e. The van der Waals surface area contributed by atoms with Crippen molar-refractivity contribution in [2.45, 2.75) is 31.7 Å². The number of para-hydroxylation sites is 1. The normalized spacial score (nSPS) is 20.6. The first-order valence-corrected chi connectivity index (χ1v) is 6.49. The summed E-state index contributed by atoms with van der Waals surface area (Å²) in [5.74, 6) is 0. The Kier molecular flexibility index (Phi) is 3.06. The standard InChI is InChI=1S/C15H18N2/c1-2-7-15-14(6-1)12(8-10-17-15)11-13-5-3-4-9-16-13/h1-2,6-8,10,13,16H,3-5,9,11H2. The highest BCUT2D eigenvalue weighted by molar-refractivity contribution is 5.81. The third kappa shape index (κ3) is 2.32. The molecule has 1 N–H and O–H groups in total. The summed E-state index contributed by atoms with van der Waals surface area (Å²) in [6.07, 6.45) is 7.05. The van der Waals surface area contributed by atoms with Crippen molar-refractivity contribution in [1.29, 1.82) is 0 Å². The molecule has 0 aliphatic carbocycles. The van der Waals surface area contributed by atoms with Crippen molar-refractivity contribution >= 4 is 10.9 Å². The van der Waals surface area contributed by atoms with Crippen LogP contribution in [0.5, 0.6) is 0 Å². The number of piperidine rings is 1. The molecule has 2 heterocycles. The van der Waals surface area contributed by atoms with Crippen LogP contribution >= 0.6 is 0 Å². The fourth-order valence-corrected chi connectivity index (χ4v) is 2.70. The quantitative estimate of drug-likeness (QED) is 0.851. The van der Waals surface area contributed by atoms with Crippen molar-refractivity contribution in [2.75, 3.05) is 6.54 Å². The molecule has 0 bridgehead atoms. The Hall–Kier alpha value is -1.41. The summed E-state index contributed by atoms with van der Waals surface area (Å²) >= 11 is 0. The SMILES string of the molecule is c1ccc2c(CC3CCCCN3)ccnc2c1. The number of nitrogens with zero attached hydrogens (tertiary/aromatic N) is 1. The average molecular weight is 226 g/mol. The number of hydrogen-bond donors (Lipinski definition) is 1. The topological polar surface area (TPSA) is 24.9 Å². The third-order valence-corrected chi connectivity index (χ3v) is 3.62. The van der Waals surface area contributed by atoms with Crippen molar-refractivity contribution in [3.8, 4) is 0 Å². The van der Waals surface area contributed by atoms with Gasteiger partial charge in [0.1, 0.15) is 0 Å². The summed E-state index contributed by atoms with van der Waals surface area (Å²) in [6.45, 7) is 1.17. The van der Waals surface area contributed by atoms with Crippen LogP contribution < -0.4 is 5.32 Å². The van der Waals surface area contributed by atoms with Gasteiger partial charge in [-0.15, -0.1) is 0 Å². The number of nitrogens with one attached hydrogen (secondary N) is 1. The molecule has 1 aliphatic rings. The molecule has 1 saturated heterocycles. The summed E-state index contributed by atoms with van der Waals surface area (Å²) in [5, 5.41) is 4.92. The lowest BCUT2D eigenvalue weighted by Gasteiger charge is -2.23. The molecule has 1 aromatic carbocycles.